The molecule has 80 valence electrons. The van der Waals surface area contributed by atoms with Crippen molar-refractivity contribution < 1.29 is 4.74 Å². The van der Waals surface area contributed by atoms with E-state index in [-0.39, 0.29) is 0 Å². The lowest BCUT2D eigenvalue weighted by Gasteiger charge is -2.10. The van der Waals surface area contributed by atoms with Gasteiger partial charge in [0.05, 0.1) is 5.52 Å². The van der Waals surface area contributed by atoms with E-state index in [4.69, 9.17) is 4.74 Å². The van der Waals surface area contributed by atoms with E-state index in [0.717, 1.165) is 33.1 Å². The highest BCUT2D eigenvalue weighted by Gasteiger charge is 2.12. The number of para-hydroxylation sites is 1. The van der Waals surface area contributed by atoms with E-state index in [1.165, 1.54) is 0 Å². The second-order valence-corrected chi connectivity index (χ2v) is 4.59. The summed E-state index contributed by atoms with van der Waals surface area (Å²) in [6.07, 6.45) is 6.96. The molecule has 1 aliphatic rings. The van der Waals surface area contributed by atoms with Crippen LogP contribution < -0.4 is 4.74 Å². The summed E-state index contributed by atoms with van der Waals surface area (Å²) in [4.78, 5) is 4.47. The standard InChI is InChI=1S/C13H10BrNO/c14-11-6-3-5-10-12(11)15-8-9-4-1-2-7-16-13(9)10/h1-3,5-6,8H,4,7H2. The number of nitrogens with zero attached hydrogens (tertiary/aromatic N) is 1. The Morgan fingerprint density at radius 3 is 3.12 bits per heavy atom. The molecule has 0 fully saturated rings. The maximum atomic E-state index is 5.77. The number of rotatable bonds is 0. The smallest absolute Gasteiger partial charge is 0.134 e. The summed E-state index contributed by atoms with van der Waals surface area (Å²) in [5.74, 6) is 0.969. The van der Waals surface area contributed by atoms with Crippen molar-refractivity contribution in [1.29, 1.82) is 0 Å². The average molecular weight is 276 g/mol. The van der Waals surface area contributed by atoms with Crippen LogP contribution in [-0.2, 0) is 6.42 Å². The number of ether oxygens (including phenoxy) is 1. The highest BCUT2D eigenvalue weighted by Crippen LogP contribution is 2.33. The van der Waals surface area contributed by atoms with Crippen molar-refractivity contribution in [3.05, 3.63) is 46.6 Å². The highest BCUT2D eigenvalue weighted by atomic mass is 79.9. The second kappa shape index (κ2) is 3.91. The normalized spacial score (nSPS) is 14.3. The molecule has 0 unspecified atom stereocenters. The van der Waals surface area contributed by atoms with Gasteiger partial charge in [-0.15, -0.1) is 0 Å². The SMILES string of the molecule is Brc1cccc2c3c(cnc12)CC=CCO3. The number of aromatic nitrogens is 1. The van der Waals surface area contributed by atoms with Crippen LogP contribution in [0.1, 0.15) is 5.56 Å². The average Bonchev–Trinajstić information content (AvgIpc) is 2.54. The number of allylic oxidation sites excluding steroid dienone is 1. The van der Waals surface area contributed by atoms with Crippen LogP contribution in [0.25, 0.3) is 10.9 Å². The number of fused-ring (bicyclic) bond motifs is 3. The third-order valence-corrected chi connectivity index (χ3v) is 3.34. The van der Waals surface area contributed by atoms with E-state index in [9.17, 15) is 0 Å². The molecule has 0 saturated carbocycles. The molecule has 0 bridgehead atoms. The van der Waals surface area contributed by atoms with E-state index in [0.29, 0.717) is 6.61 Å². The van der Waals surface area contributed by atoms with Crippen LogP contribution in [0.4, 0.5) is 0 Å². The number of halogens is 1. The minimum Gasteiger partial charge on any atom is -0.488 e. The van der Waals surface area contributed by atoms with Gasteiger partial charge < -0.3 is 4.74 Å². The molecule has 0 saturated heterocycles. The Balaban J connectivity index is 2.32. The van der Waals surface area contributed by atoms with Gasteiger partial charge in [-0.2, -0.15) is 0 Å². The quantitative estimate of drug-likeness (QED) is 0.687. The van der Waals surface area contributed by atoms with Crippen LogP contribution in [-0.4, -0.2) is 11.6 Å². The Hall–Kier alpha value is -1.35. The van der Waals surface area contributed by atoms with Crippen LogP contribution in [0, 0.1) is 0 Å². The first-order chi connectivity index (χ1) is 7.86. The summed E-state index contributed by atoms with van der Waals surface area (Å²) in [5.41, 5.74) is 2.11. The van der Waals surface area contributed by atoms with Crippen LogP contribution in [0.2, 0.25) is 0 Å². The van der Waals surface area contributed by atoms with Crippen molar-refractivity contribution in [1.82, 2.24) is 4.98 Å². The topological polar surface area (TPSA) is 22.1 Å². The van der Waals surface area contributed by atoms with Crippen molar-refractivity contribution >= 4 is 26.8 Å². The lowest BCUT2D eigenvalue weighted by Crippen LogP contribution is -1.96. The van der Waals surface area contributed by atoms with Crippen LogP contribution in [0.3, 0.4) is 0 Å². The van der Waals surface area contributed by atoms with Crippen LogP contribution in [0.5, 0.6) is 5.75 Å². The second-order valence-electron chi connectivity index (χ2n) is 3.74. The van der Waals surface area contributed by atoms with Gasteiger partial charge >= 0.3 is 0 Å². The van der Waals surface area contributed by atoms with E-state index >= 15 is 0 Å². The Kier molecular flexibility index (Phi) is 2.40. The molecule has 3 rings (SSSR count). The molecule has 3 heteroatoms. The van der Waals surface area contributed by atoms with E-state index < -0.39 is 0 Å². The predicted molar refractivity (Wildman–Crippen MR) is 67.8 cm³/mol. The van der Waals surface area contributed by atoms with Gasteiger partial charge in [-0.25, -0.2) is 0 Å². The Bertz CT molecular complexity index is 577. The first-order valence-electron chi connectivity index (χ1n) is 5.20. The minimum absolute atomic E-state index is 0.638. The molecular formula is C13H10BrNO. The fraction of sp³-hybridized carbons (Fsp3) is 0.154. The van der Waals surface area contributed by atoms with Gasteiger partial charge in [-0.1, -0.05) is 18.2 Å². The Morgan fingerprint density at radius 2 is 2.19 bits per heavy atom. The first kappa shape index (κ1) is 9.85. The van der Waals surface area contributed by atoms with Crippen molar-refractivity contribution in [2.45, 2.75) is 6.42 Å². The molecule has 1 aromatic carbocycles. The van der Waals surface area contributed by atoms with Gasteiger partial charge in [0.2, 0.25) is 0 Å². The summed E-state index contributed by atoms with van der Waals surface area (Å²) < 4.78 is 6.78. The van der Waals surface area contributed by atoms with E-state index in [1.807, 2.05) is 24.4 Å². The van der Waals surface area contributed by atoms with Crippen LogP contribution >= 0.6 is 15.9 Å². The van der Waals surface area contributed by atoms with Gasteiger partial charge in [-0.05, 0) is 34.5 Å². The monoisotopic (exact) mass is 275 g/mol. The largest absolute Gasteiger partial charge is 0.488 e. The summed E-state index contributed by atoms with van der Waals surface area (Å²) in [6.45, 7) is 0.638. The highest BCUT2D eigenvalue weighted by molar-refractivity contribution is 9.10. The number of pyridine rings is 1. The summed E-state index contributed by atoms with van der Waals surface area (Å²) >= 11 is 3.51. The molecule has 0 aliphatic carbocycles. The third-order valence-electron chi connectivity index (χ3n) is 2.70. The summed E-state index contributed by atoms with van der Waals surface area (Å²) in [6, 6.07) is 6.06. The molecule has 1 aromatic heterocycles. The molecule has 0 N–H and O–H groups in total. The molecule has 2 aromatic rings. The lowest BCUT2D eigenvalue weighted by atomic mass is 10.1. The molecule has 0 radical (unpaired) electrons. The minimum atomic E-state index is 0.638. The van der Waals surface area contributed by atoms with Crippen molar-refractivity contribution in [2.24, 2.45) is 0 Å². The van der Waals surface area contributed by atoms with Crippen molar-refractivity contribution in [3.63, 3.8) is 0 Å². The zero-order valence-electron chi connectivity index (χ0n) is 8.61. The van der Waals surface area contributed by atoms with Gasteiger partial charge in [0.25, 0.3) is 0 Å². The number of hydrogen-bond acceptors (Lipinski definition) is 2. The molecule has 0 spiro atoms. The number of hydrogen-bond donors (Lipinski definition) is 0. The van der Waals surface area contributed by atoms with Crippen LogP contribution in [0.15, 0.2) is 41.0 Å². The molecule has 2 heterocycles. The predicted octanol–water partition coefficient (Wildman–Crippen LogP) is 3.49. The zero-order valence-corrected chi connectivity index (χ0v) is 10.2. The fourth-order valence-corrected chi connectivity index (χ4v) is 2.40. The van der Waals surface area contributed by atoms with Crippen molar-refractivity contribution in [2.75, 3.05) is 6.61 Å². The van der Waals surface area contributed by atoms with Gasteiger partial charge in [0, 0.05) is 21.6 Å². The van der Waals surface area contributed by atoms with E-state index in [2.05, 4.69) is 33.1 Å². The fourth-order valence-electron chi connectivity index (χ4n) is 1.93. The van der Waals surface area contributed by atoms with Gasteiger partial charge in [0.15, 0.2) is 0 Å². The molecule has 16 heavy (non-hydrogen) atoms. The Morgan fingerprint density at radius 1 is 1.25 bits per heavy atom. The van der Waals surface area contributed by atoms with Gasteiger partial charge in [0.1, 0.15) is 12.4 Å². The summed E-state index contributed by atoms with van der Waals surface area (Å²) in [5, 5.41) is 1.08. The first-order valence-corrected chi connectivity index (χ1v) is 5.99. The molecule has 0 amide bonds. The Labute approximate surface area is 102 Å². The molecule has 2 nitrogen and oxygen atoms in total. The molecular weight excluding hydrogens is 266 g/mol. The third kappa shape index (κ3) is 1.52. The van der Waals surface area contributed by atoms with Crippen molar-refractivity contribution in [3.8, 4) is 5.75 Å². The molecule has 1 aliphatic heterocycles. The lowest BCUT2D eigenvalue weighted by molar-refractivity contribution is 0.367. The zero-order chi connectivity index (χ0) is 11.0. The maximum absolute atomic E-state index is 5.77. The maximum Gasteiger partial charge on any atom is 0.134 e. The van der Waals surface area contributed by atoms with E-state index in [1.54, 1.807) is 0 Å². The summed E-state index contributed by atoms with van der Waals surface area (Å²) in [7, 11) is 0. The van der Waals surface area contributed by atoms with Gasteiger partial charge in [-0.3, -0.25) is 4.98 Å². The molecule has 0 atom stereocenters. The number of benzene rings is 1.